The first-order valence-electron chi connectivity index (χ1n) is 7.70. The molecule has 3 rings (SSSR count). The molecule has 0 aliphatic rings. The van der Waals surface area contributed by atoms with Gasteiger partial charge >= 0.3 is 0 Å². The van der Waals surface area contributed by atoms with Crippen LogP contribution in [0, 0.1) is 6.92 Å². The van der Waals surface area contributed by atoms with Gasteiger partial charge in [-0.1, -0.05) is 42.0 Å². The molecule has 0 fully saturated rings. The number of rotatable bonds is 5. The minimum atomic E-state index is -0.0620. The van der Waals surface area contributed by atoms with E-state index in [0.29, 0.717) is 18.8 Å². The Labute approximate surface area is 154 Å². The Morgan fingerprint density at radius 2 is 2.17 bits per heavy atom. The molecule has 3 aromatic rings. The number of thiophene rings is 1. The van der Waals surface area contributed by atoms with E-state index in [1.54, 1.807) is 11.3 Å². The predicted octanol–water partition coefficient (Wildman–Crippen LogP) is 5.28. The van der Waals surface area contributed by atoms with Crippen LogP contribution in [0.5, 0.6) is 0 Å². The fraction of sp³-hybridized carbons (Fsp3) is 0.211. The summed E-state index contributed by atoms with van der Waals surface area (Å²) in [5, 5.41) is 5.08. The van der Waals surface area contributed by atoms with Crippen molar-refractivity contribution in [1.82, 2.24) is 9.88 Å². The molecule has 1 amide bonds. The fourth-order valence-electron chi connectivity index (χ4n) is 2.75. The van der Waals surface area contributed by atoms with Crippen LogP contribution < -0.4 is 5.32 Å². The largest absolute Gasteiger partial charge is 0.347 e. The van der Waals surface area contributed by atoms with E-state index in [1.165, 1.54) is 5.56 Å². The van der Waals surface area contributed by atoms with E-state index in [9.17, 15) is 4.79 Å². The van der Waals surface area contributed by atoms with Crippen LogP contribution in [-0.4, -0.2) is 10.5 Å². The SMILES string of the molecule is C=C(C)Cn1c(C(=O)NCc2cccc(C)c2)cc2scc(Br)c21. The number of fused-ring (bicyclic) bond motifs is 1. The molecule has 2 aromatic heterocycles. The Morgan fingerprint density at radius 3 is 2.88 bits per heavy atom. The van der Waals surface area contributed by atoms with Gasteiger partial charge in [0.05, 0.1) is 14.7 Å². The number of benzene rings is 1. The average Bonchev–Trinajstić information content (AvgIpc) is 3.06. The molecule has 0 aliphatic carbocycles. The van der Waals surface area contributed by atoms with Crippen molar-refractivity contribution in [3.8, 4) is 0 Å². The zero-order chi connectivity index (χ0) is 17.3. The normalized spacial score (nSPS) is 11.0. The lowest BCUT2D eigenvalue weighted by Crippen LogP contribution is -2.25. The third-order valence-electron chi connectivity index (χ3n) is 3.77. The Kier molecular flexibility index (Phi) is 4.92. The van der Waals surface area contributed by atoms with E-state index in [2.05, 4.69) is 46.9 Å². The minimum Gasteiger partial charge on any atom is -0.347 e. The van der Waals surface area contributed by atoms with Gasteiger partial charge in [-0.05, 0) is 41.4 Å². The van der Waals surface area contributed by atoms with Gasteiger partial charge in [-0.2, -0.15) is 0 Å². The highest BCUT2D eigenvalue weighted by Crippen LogP contribution is 2.33. The van der Waals surface area contributed by atoms with E-state index in [-0.39, 0.29) is 5.91 Å². The highest BCUT2D eigenvalue weighted by Gasteiger charge is 2.18. The van der Waals surface area contributed by atoms with Gasteiger partial charge in [0.25, 0.3) is 5.91 Å². The molecule has 24 heavy (non-hydrogen) atoms. The number of allylic oxidation sites excluding steroid dienone is 1. The lowest BCUT2D eigenvalue weighted by molar-refractivity contribution is 0.0942. The van der Waals surface area contributed by atoms with Gasteiger partial charge in [0.15, 0.2) is 0 Å². The molecule has 0 saturated heterocycles. The van der Waals surface area contributed by atoms with E-state index in [1.807, 2.05) is 35.1 Å². The van der Waals surface area contributed by atoms with Crippen molar-refractivity contribution in [2.45, 2.75) is 26.9 Å². The summed E-state index contributed by atoms with van der Waals surface area (Å²) in [6.45, 7) is 9.17. The molecule has 0 saturated carbocycles. The van der Waals surface area contributed by atoms with Crippen LogP contribution in [0.15, 0.2) is 52.3 Å². The summed E-state index contributed by atoms with van der Waals surface area (Å²) in [5.41, 5.74) is 5.04. The smallest absolute Gasteiger partial charge is 0.268 e. The Morgan fingerprint density at radius 1 is 1.38 bits per heavy atom. The topological polar surface area (TPSA) is 34.0 Å². The van der Waals surface area contributed by atoms with Crippen LogP contribution in [0.4, 0.5) is 0 Å². The number of carbonyl (C=O) groups is 1. The summed E-state index contributed by atoms with van der Waals surface area (Å²) in [6.07, 6.45) is 0. The molecule has 124 valence electrons. The van der Waals surface area contributed by atoms with Crippen molar-refractivity contribution in [2.75, 3.05) is 0 Å². The number of aromatic nitrogens is 1. The summed E-state index contributed by atoms with van der Waals surface area (Å²) in [6, 6.07) is 10.1. The molecule has 0 unspecified atom stereocenters. The number of aryl methyl sites for hydroxylation is 1. The zero-order valence-electron chi connectivity index (χ0n) is 13.7. The molecule has 5 heteroatoms. The molecular weight excluding hydrogens is 384 g/mol. The maximum Gasteiger partial charge on any atom is 0.268 e. The van der Waals surface area contributed by atoms with Gasteiger partial charge < -0.3 is 9.88 Å². The second kappa shape index (κ2) is 6.95. The van der Waals surface area contributed by atoms with Crippen molar-refractivity contribution in [3.05, 3.63) is 69.2 Å². The number of nitrogens with one attached hydrogen (secondary N) is 1. The molecule has 1 N–H and O–H groups in total. The number of carbonyl (C=O) groups excluding carboxylic acids is 1. The number of amides is 1. The molecule has 0 spiro atoms. The quantitative estimate of drug-likeness (QED) is 0.578. The first kappa shape index (κ1) is 17.0. The Bertz CT molecular complexity index is 923. The van der Waals surface area contributed by atoms with Crippen LogP contribution in [0.1, 0.15) is 28.5 Å². The van der Waals surface area contributed by atoms with E-state index in [0.717, 1.165) is 25.8 Å². The van der Waals surface area contributed by atoms with Crippen LogP contribution in [0.25, 0.3) is 10.2 Å². The lowest BCUT2D eigenvalue weighted by Gasteiger charge is -2.11. The number of halogens is 1. The number of nitrogens with zero attached hydrogens (tertiary/aromatic N) is 1. The monoisotopic (exact) mass is 402 g/mol. The Balaban J connectivity index is 1.87. The maximum absolute atomic E-state index is 12.7. The minimum absolute atomic E-state index is 0.0620. The van der Waals surface area contributed by atoms with E-state index < -0.39 is 0 Å². The number of hydrogen-bond donors (Lipinski definition) is 1. The molecule has 0 aliphatic heterocycles. The summed E-state index contributed by atoms with van der Waals surface area (Å²) in [5.74, 6) is -0.0620. The summed E-state index contributed by atoms with van der Waals surface area (Å²) in [4.78, 5) is 12.7. The highest BCUT2D eigenvalue weighted by molar-refractivity contribution is 9.10. The summed E-state index contributed by atoms with van der Waals surface area (Å²) < 4.78 is 4.15. The van der Waals surface area contributed by atoms with E-state index >= 15 is 0 Å². The molecule has 3 nitrogen and oxygen atoms in total. The molecule has 0 bridgehead atoms. The molecular formula is C19H19BrN2OS. The molecule has 0 radical (unpaired) electrons. The summed E-state index contributed by atoms with van der Waals surface area (Å²) in [7, 11) is 0. The van der Waals surface area contributed by atoms with Gasteiger partial charge in [-0.25, -0.2) is 0 Å². The summed E-state index contributed by atoms with van der Waals surface area (Å²) >= 11 is 5.21. The fourth-order valence-corrected chi connectivity index (χ4v) is 4.44. The van der Waals surface area contributed by atoms with Gasteiger partial charge in [-0.15, -0.1) is 11.3 Å². The number of hydrogen-bond acceptors (Lipinski definition) is 2. The van der Waals surface area contributed by atoms with Gasteiger partial charge in [0.2, 0.25) is 0 Å². The standard InChI is InChI=1S/C19H19BrN2OS/c1-12(2)10-22-16(8-17-18(22)15(20)11-24-17)19(23)21-9-14-6-4-5-13(3)7-14/h4-8,11H,1,9-10H2,2-3H3,(H,21,23). The first-order valence-corrected chi connectivity index (χ1v) is 9.37. The zero-order valence-corrected chi connectivity index (χ0v) is 16.1. The second-order valence-electron chi connectivity index (χ2n) is 6.04. The van der Waals surface area contributed by atoms with Crippen molar-refractivity contribution in [2.24, 2.45) is 0 Å². The van der Waals surface area contributed by atoms with Crippen molar-refractivity contribution < 1.29 is 4.79 Å². The average molecular weight is 403 g/mol. The highest BCUT2D eigenvalue weighted by atomic mass is 79.9. The van der Waals surface area contributed by atoms with Crippen LogP contribution in [0.2, 0.25) is 0 Å². The van der Waals surface area contributed by atoms with Gasteiger partial charge in [0, 0.05) is 18.5 Å². The van der Waals surface area contributed by atoms with Crippen molar-refractivity contribution in [3.63, 3.8) is 0 Å². The van der Waals surface area contributed by atoms with Crippen LogP contribution in [-0.2, 0) is 13.1 Å². The lowest BCUT2D eigenvalue weighted by atomic mass is 10.1. The second-order valence-corrected chi connectivity index (χ2v) is 7.81. The Hall–Kier alpha value is -1.85. The van der Waals surface area contributed by atoms with Gasteiger partial charge in [-0.3, -0.25) is 4.79 Å². The first-order chi connectivity index (χ1) is 11.5. The van der Waals surface area contributed by atoms with Crippen molar-refractivity contribution in [1.29, 1.82) is 0 Å². The van der Waals surface area contributed by atoms with Crippen molar-refractivity contribution >= 4 is 43.4 Å². The molecule has 0 atom stereocenters. The third kappa shape index (κ3) is 3.47. The molecule has 1 aromatic carbocycles. The molecule has 2 heterocycles. The van der Waals surface area contributed by atoms with Gasteiger partial charge in [0.1, 0.15) is 5.69 Å². The maximum atomic E-state index is 12.7. The van der Waals surface area contributed by atoms with E-state index in [4.69, 9.17) is 0 Å². The third-order valence-corrected chi connectivity index (χ3v) is 5.60. The predicted molar refractivity (Wildman–Crippen MR) is 105 cm³/mol. The van der Waals surface area contributed by atoms with Crippen LogP contribution >= 0.6 is 27.3 Å². The van der Waals surface area contributed by atoms with Crippen LogP contribution in [0.3, 0.4) is 0 Å².